The molecule has 2 aromatic rings. The maximum absolute atomic E-state index is 2.70. The quantitative estimate of drug-likeness (QED) is 0.838. The van der Waals surface area contributed by atoms with Crippen LogP contribution in [0.1, 0.15) is 34.6 Å². The Balaban J connectivity index is 1.59. The number of aryl methyl sites for hydroxylation is 2. The summed E-state index contributed by atoms with van der Waals surface area (Å²) in [5.41, 5.74) is 7.25. The van der Waals surface area contributed by atoms with Crippen LogP contribution in [-0.4, -0.2) is 37.6 Å². The molecule has 126 valence electrons. The van der Waals surface area contributed by atoms with Gasteiger partial charge in [0.25, 0.3) is 0 Å². The van der Waals surface area contributed by atoms with Gasteiger partial charge in [0.2, 0.25) is 0 Å². The number of hydrogen-bond acceptors (Lipinski definition) is 2. The molecule has 2 heterocycles. The second-order valence-corrected chi connectivity index (χ2v) is 7.72. The minimum atomic E-state index is 0.677. The molecule has 2 nitrogen and oxygen atoms in total. The molecule has 2 aromatic carbocycles. The third-order valence-electron chi connectivity index (χ3n) is 5.83. The predicted molar refractivity (Wildman–Crippen MR) is 102 cm³/mol. The summed E-state index contributed by atoms with van der Waals surface area (Å²) in [5, 5.41) is 0. The van der Waals surface area contributed by atoms with Crippen LogP contribution in [0.25, 0.3) is 0 Å². The summed E-state index contributed by atoms with van der Waals surface area (Å²) >= 11 is 0. The first-order chi connectivity index (χ1) is 11.6. The third-order valence-corrected chi connectivity index (χ3v) is 5.83. The van der Waals surface area contributed by atoms with Crippen LogP contribution in [0, 0.1) is 13.8 Å². The van der Waals surface area contributed by atoms with E-state index in [2.05, 4.69) is 73.2 Å². The van der Waals surface area contributed by atoms with E-state index in [1.54, 1.807) is 5.56 Å². The van der Waals surface area contributed by atoms with Crippen LogP contribution in [0.4, 0.5) is 5.69 Å². The van der Waals surface area contributed by atoms with Gasteiger partial charge in [-0.3, -0.25) is 0 Å². The normalized spacial score (nSPS) is 23.2. The molecule has 4 rings (SSSR count). The van der Waals surface area contributed by atoms with Crippen molar-refractivity contribution in [2.24, 2.45) is 0 Å². The van der Waals surface area contributed by atoms with Crippen LogP contribution >= 0.6 is 0 Å². The molecule has 0 N–H and O–H groups in total. The van der Waals surface area contributed by atoms with Gasteiger partial charge in [-0.1, -0.05) is 47.5 Å². The predicted octanol–water partition coefficient (Wildman–Crippen LogP) is 4.15. The Hall–Kier alpha value is -1.80. The smallest absolute Gasteiger partial charge is 0.0405 e. The molecule has 0 bridgehead atoms. The number of benzene rings is 2. The lowest BCUT2D eigenvalue weighted by atomic mass is 9.89. The van der Waals surface area contributed by atoms with Crippen molar-refractivity contribution in [3.05, 3.63) is 64.7 Å². The number of piperidine rings is 1. The Morgan fingerprint density at radius 3 is 2.54 bits per heavy atom. The molecular formula is C22H28N2. The summed E-state index contributed by atoms with van der Waals surface area (Å²) in [6.07, 6.45) is 2.41. The molecule has 0 aromatic heterocycles. The maximum Gasteiger partial charge on any atom is 0.0405 e. The van der Waals surface area contributed by atoms with E-state index in [9.17, 15) is 0 Å². The van der Waals surface area contributed by atoms with E-state index < -0.39 is 0 Å². The highest BCUT2D eigenvalue weighted by molar-refractivity contribution is 5.63. The zero-order valence-corrected chi connectivity index (χ0v) is 15.1. The number of rotatable bonds is 3. The van der Waals surface area contributed by atoms with Gasteiger partial charge >= 0.3 is 0 Å². The fourth-order valence-electron chi connectivity index (χ4n) is 4.48. The summed E-state index contributed by atoms with van der Waals surface area (Å²) in [5.74, 6) is 0.677. The maximum atomic E-state index is 2.70. The largest absolute Gasteiger partial charge is 0.367 e. The molecule has 2 unspecified atom stereocenters. The van der Waals surface area contributed by atoms with Gasteiger partial charge in [-0.15, -0.1) is 0 Å². The number of fused-ring (bicyclic) bond motifs is 3. The fraction of sp³-hybridized carbons (Fsp3) is 0.455. The van der Waals surface area contributed by atoms with Crippen molar-refractivity contribution in [1.82, 2.24) is 4.90 Å². The first kappa shape index (κ1) is 15.7. The monoisotopic (exact) mass is 320 g/mol. The van der Waals surface area contributed by atoms with Crippen LogP contribution in [0.3, 0.4) is 0 Å². The summed E-state index contributed by atoms with van der Waals surface area (Å²) in [6, 6.07) is 16.8. The van der Waals surface area contributed by atoms with E-state index in [0.29, 0.717) is 12.0 Å². The van der Waals surface area contributed by atoms with Crippen molar-refractivity contribution in [2.75, 3.05) is 31.6 Å². The molecule has 0 amide bonds. The lowest BCUT2D eigenvalue weighted by Gasteiger charge is -2.37. The summed E-state index contributed by atoms with van der Waals surface area (Å²) in [6.45, 7) is 7.92. The van der Waals surface area contributed by atoms with Gasteiger partial charge in [0.1, 0.15) is 0 Å². The summed E-state index contributed by atoms with van der Waals surface area (Å²) in [4.78, 5) is 5.20. The van der Waals surface area contributed by atoms with E-state index in [4.69, 9.17) is 0 Å². The van der Waals surface area contributed by atoms with Gasteiger partial charge in [-0.05, 0) is 57.5 Å². The van der Waals surface area contributed by atoms with Crippen LogP contribution in [0.2, 0.25) is 0 Å². The molecule has 24 heavy (non-hydrogen) atoms. The van der Waals surface area contributed by atoms with Gasteiger partial charge in [-0.25, -0.2) is 0 Å². The average molecular weight is 320 g/mol. The van der Waals surface area contributed by atoms with Crippen molar-refractivity contribution < 1.29 is 0 Å². The van der Waals surface area contributed by atoms with Gasteiger partial charge in [0.05, 0.1) is 0 Å². The topological polar surface area (TPSA) is 6.48 Å². The van der Waals surface area contributed by atoms with Crippen molar-refractivity contribution >= 4 is 5.69 Å². The molecule has 2 heteroatoms. The highest BCUT2D eigenvalue weighted by Crippen LogP contribution is 2.44. The fourth-order valence-corrected chi connectivity index (χ4v) is 4.48. The van der Waals surface area contributed by atoms with E-state index in [-0.39, 0.29) is 0 Å². The second-order valence-electron chi connectivity index (χ2n) is 7.72. The number of nitrogens with zero attached hydrogens (tertiary/aromatic N) is 2. The van der Waals surface area contributed by atoms with Crippen molar-refractivity contribution in [3.63, 3.8) is 0 Å². The van der Waals surface area contributed by atoms with Crippen LogP contribution in [0.15, 0.2) is 42.5 Å². The Bertz CT molecular complexity index is 719. The SMILES string of the molecule is Cc1ccc(CCN2c3ccc(C)cc3C3CN(C)CCC32)cc1. The zero-order chi connectivity index (χ0) is 16.7. The number of anilines is 1. The van der Waals surface area contributed by atoms with Crippen molar-refractivity contribution in [2.45, 2.75) is 38.6 Å². The van der Waals surface area contributed by atoms with Crippen LogP contribution < -0.4 is 4.90 Å². The van der Waals surface area contributed by atoms with E-state index in [1.165, 1.54) is 41.9 Å². The molecule has 2 aliphatic rings. The molecule has 2 atom stereocenters. The molecule has 1 saturated heterocycles. The number of likely N-dealkylation sites (tertiary alicyclic amines) is 1. The Morgan fingerprint density at radius 1 is 1.00 bits per heavy atom. The highest BCUT2D eigenvalue weighted by Gasteiger charge is 2.40. The zero-order valence-electron chi connectivity index (χ0n) is 15.1. The van der Waals surface area contributed by atoms with E-state index >= 15 is 0 Å². The molecular weight excluding hydrogens is 292 g/mol. The average Bonchev–Trinajstić information content (AvgIpc) is 2.87. The standard InChI is InChI=1S/C22H28N2/c1-16-4-7-18(8-5-16)10-13-24-21-9-6-17(2)14-19(21)20-15-23(3)12-11-22(20)24/h4-9,14,20,22H,10-13,15H2,1-3H3. The van der Waals surface area contributed by atoms with Gasteiger partial charge in [0, 0.05) is 30.7 Å². The Labute approximate surface area is 146 Å². The highest BCUT2D eigenvalue weighted by atomic mass is 15.2. The number of hydrogen-bond donors (Lipinski definition) is 0. The van der Waals surface area contributed by atoms with Crippen molar-refractivity contribution in [3.8, 4) is 0 Å². The van der Waals surface area contributed by atoms with Crippen molar-refractivity contribution in [1.29, 1.82) is 0 Å². The Morgan fingerprint density at radius 2 is 1.75 bits per heavy atom. The summed E-state index contributed by atoms with van der Waals surface area (Å²) in [7, 11) is 2.26. The molecule has 0 radical (unpaired) electrons. The number of likely N-dealkylation sites (N-methyl/N-ethyl adjacent to an activating group) is 1. The minimum absolute atomic E-state index is 0.677. The molecule has 0 aliphatic carbocycles. The minimum Gasteiger partial charge on any atom is -0.367 e. The molecule has 0 saturated carbocycles. The van der Waals surface area contributed by atoms with Crippen LogP contribution in [0.5, 0.6) is 0 Å². The molecule has 2 aliphatic heterocycles. The van der Waals surface area contributed by atoms with Crippen LogP contribution in [-0.2, 0) is 6.42 Å². The van der Waals surface area contributed by atoms with Gasteiger partial charge < -0.3 is 9.80 Å². The lowest BCUT2D eigenvalue weighted by molar-refractivity contribution is 0.231. The first-order valence-corrected chi connectivity index (χ1v) is 9.23. The third kappa shape index (κ3) is 2.84. The second kappa shape index (κ2) is 6.25. The van der Waals surface area contributed by atoms with Gasteiger partial charge in [0.15, 0.2) is 0 Å². The van der Waals surface area contributed by atoms with E-state index in [1.807, 2.05) is 0 Å². The Kier molecular flexibility index (Phi) is 4.09. The summed E-state index contributed by atoms with van der Waals surface area (Å²) < 4.78 is 0. The first-order valence-electron chi connectivity index (χ1n) is 9.23. The van der Waals surface area contributed by atoms with E-state index in [0.717, 1.165) is 13.0 Å². The molecule has 0 spiro atoms. The lowest BCUT2D eigenvalue weighted by Crippen LogP contribution is -2.45. The molecule has 1 fully saturated rings. The van der Waals surface area contributed by atoms with Gasteiger partial charge in [-0.2, -0.15) is 0 Å².